The zero-order chi connectivity index (χ0) is 14.7. The number of ether oxygens (including phenoxy) is 1. The van der Waals surface area contributed by atoms with Gasteiger partial charge in [0, 0.05) is 12.6 Å². The van der Waals surface area contributed by atoms with E-state index in [1.54, 1.807) is 0 Å². The van der Waals surface area contributed by atoms with Crippen molar-refractivity contribution in [2.45, 2.75) is 51.5 Å². The van der Waals surface area contributed by atoms with Crippen molar-refractivity contribution in [1.29, 1.82) is 0 Å². The zero-order valence-electron chi connectivity index (χ0n) is 12.6. The van der Waals surface area contributed by atoms with Gasteiger partial charge in [-0.1, -0.05) is 12.8 Å². The Hall–Kier alpha value is -1.63. The van der Waals surface area contributed by atoms with Gasteiger partial charge in [-0.15, -0.1) is 0 Å². The number of rotatable bonds is 4. The minimum atomic E-state index is 0.341. The topological polar surface area (TPSA) is 89.2 Å². The molecule has 2 unspecified atom stereocenters. The van der Waals surface area contributed by atoms with Crippen molar-refractivity contribution in [2.75, 3.05) is 23.5 Å². The predicted octanol–water partition coefficient (Wildman–Crippen LogP) is 1.71. The molecular weight excluding hydrogens is 268 g/mol. The Morgan fingerprint density at radius 2 is 2.00 bits per heavy atom. The molecule has 0 spiro atoms. The van der Waals surface area contributed by atoms with Crippen molar-refractivity contribution in [3.05, 3.63) is 0 Å². The van der Waals surface area contributed by atoms with Gasteiger partial charge in [0.1, 0.15) is 0 Å². The molecule has 21 heavy (non-hydrogen) atoms. The molecule has 2 aliphatic rings. The molecule has 0 radical (unpaired) electrons. The molecule has 1 aromatic heterocycles. The lowest BCUT2D eigenvalue weighted by Gasteiger charge is -2.44. The number of nitrogens with two attached hydrogens (primary N) is 1. The molecule has 3 rings (SSSR count). The van der Waals surface area contributed by atoms with E-state index in [0.29, 0.717) is 30.6 Å². The largest absolute Gasteiger partial charge is 0.464 e. The fourth-order valence-corrected chi connectivity index (χ4v) is 3.61. The van der Waals surface area contributed by atoms with E-state index in [2.05, 4.69) is 25.3 Å². The highest BCUT2D eigenvalue weighted by Gasteiger charge is 2.34. The number of piperidine rings is 1. The second-order valence-corrected chi connectivity index (χ2v) is 5.77. The van der Waals surface area contributed by atoms with E-state index in [0.717, 1.165) is 12.5 Å². The van der Waals surface area contributed by atoms with Crippen molar-refractivity contribution in [1.82, 2.24) is 15.0 Å². The first-order chi connectivity index (χ1) is 10.3. The highest BCUT2D eigenvalue weighted by molar-refractivity contribution is 5.39. The smallest absolute Gasteiger partial charge is 0.323 e. The molecule has 3 N–H and O–H groups in total. The van der Waals surface area contributed by atoms with Gasteiger partial charge >= 0.3 is 6.01 Å². The van der Waals surface area contributed by atoms with Gasteiger partial charge in [-0.3, -0.25) is 5.43 Å². The third-order valence-electron chi connectivity index (χ3n) is 4.51. The molecule has 0 bridgehead atoms. The van der Waals surface area contributed by atoms with Gasteiger partial charge in [-0.2, -0.15) is 15.0 Å². The van der Waals surface area contributed by atoms with Crippen LogP contribution in [0.3, 0.4) is 0 Å². The van der Waals surface area contributed by atoms with E-state index < -0.39 is 0 Å². The number of hydrogen-bond acceptors (Lipinski definition) is 7. The predicted molar refractivity (Wildman–Crippen MR) is 81.1 cm³/mol. The van der Waals surface area contributed by atoms with Crippen LogP contribution in [0.2, 0.25) is 0 Å². The third kappa shape index (κ3) is 3.02. The number of hydrazine groups is 1. The van der Waals surface area contributed by atoms with E-state index in [9.17, 15) is 0 Å². The normalized spacial score (nSPS) is 25.3. The Morgan fingerprint density at radius 1 is 1.19 bits per heavy atom. The summed E-state index contributed by atoms with van der Waals surface area (Å²) in [5, 5.41) is 0. The van der Waals surface area contributed by atoms with Crippen molar-refractivity contribution >= 4 is 11.9 Å². The maximum absolute atomic E-state index is 5.47. The number of nitrogens with zero attached hydrogens (tertiary/aromatic N) is 4. The van der Waals surface area contributed by atoms with Crippen molar-refractivity contribution < 1.29 is 4.74 Å². The summed E-state index contributed by atoms with van der Waals surface area (Å²) < 4.78 is 5.43. The standard InChI is InChI=1S/C14H24N6O/c1-2-21-14-17-12(19-15)16-13(18-14)20-9-5-7-10-6-3-4-8-11(10)20/h10-11H,2-9,15H2,1H3,(H,16,17,18,19). The number of anilines is 2. The van der Waals surface area contributed by atoms with Crippen LogP contribution in [-0.4, -0.2) is 34.1 Å². The van der Waals surface area contributed by atoms with Crippen LogP contribution >= 0.6 is 0 Å². The van der Waals surface area contributed by atoms with Crippen LogP contribution in [0, 0.1) is 5.92 Å². The lowest BCUT2D eigenvalue weighted by atomic mass is 9.78. The van der Waals surface area contributed by atoms with Gasteiger partial charge in [0.05, 0.1) is 6.61 Å². The lowest BCUT2D eigenvalue weighted by Crippen LogP contribution is -2.47. The van der Waals surface area contributed by atoms with Crippen molar-refractivity contribution in [2.24, 2.45) is 11.8 Å². The fraction of sp³-hybridized carbons (Fsp3) is 0.786. The van der Waals surface area contributed by atoms with Gasteiger partial charge < -0.3 is 9.64 Å². The van der Waals surface area contributed by atoms with Crippen molar-refractivity contribution in [3.63, 3.8) is 0 Å². The van der Waals surface area contributed by atoms with E-state index in [-0.39, 0.29) is 0 Å². The first-order valence-corrected chi connectivity index (χ1v) is 7.94. The maximum Gasteiger partial charge on any atom is 0.323 e. The van der Waals surface area contributed by atoms with Gasteiger partial charge in [0.2, 0.25) is 11.9 Å². The molecule has 0 aromatic carbocycles. The lowest BCUT2D eigenvalue weighted by molar-refractivity contribution is 0.240. The highest BCUT2D eigenvalue weighted by Crippen LogP contribution is 2.37. The molecule has 7 heteroatoms. The number of fused-ring (bicyclic) bond motifs is 1. The second kappa shape index (κ2) is 6.43. The summed E-state index contributed by atoms with van der Waals surface area (Å²) in [6, 6.07) is 0.892. The monoisotopic (exact) mass is 292 g/mol. The van der Waals surface area contributed by atoms with Crippen LogP contribution in [0.4, 0.5) is 11.9 Å². The minimum Gasteiger partial charge on any atom is -0.464 e. The quantitative estimate of drug-likeness (QED) is 0.645. The van der Waals surface area contributed by atoms with Gasteiger partial charge in [-0.05, 0) is 38.5 Å². The molecule has 116 valence electrons. The van der Waals surface area contributed by atoms with Crippen LogP contribution in [0.25, 0.3) is 0 Å². The molecule has 2 atom stereocenters. The van der Waals surface area contributed by atoms with E-state index in [4.69, 9.17) is 10.6 Å². The van der Waals surface area contributed by atoms with E-state index in [1.165, 1.54) is 38.5 Å². The Morgan fingerprint density at radius 3 is 2.81 bits per heavy atom. The molecule has 2 fully saturated rings. The van der Waals surface area contributed by atoms with Crippen LogP contribution in [0.1, 0.15) is 45.4 Å². The second-order valence-electron chi connectivity index (χ2n) is 5.77. The van der Waals surface area contributed by atoms with Crippen LogP contribution < -0.4 is 20.9 Å². The van der Waals surface area contributed by atoms with Crippen LogP contribution in [0.5, 0.6) is 6.01 Å². The number of hydrogen-bond donors (Lipinski definition) is 2. The Balaban J connectivity index is 1.88. The summed E-state index contributed by atoms with van der Waals surface area (Å²) in [7, 11) is 0. The average molecular weight is 292 g/mol. The maximum atomic E-state index is 5.47. The molecule has 1 saturated heterocycles. The molecule has 1 aliphatic carbocycles. The summed E-state index contributed by atoms with van der Waals surface area (Å²) in [6.07, 6.45) is 7.72. The molecule has 0 amide bonds. The highest BCUT2D eigenvalue weighted by atomic mass is 16.5. The fourth-order valence-electron chi connectivity index (χ4n) is 3.61. The Bertz CT molecular complexity index is 481. The number of aromatic nitrogens is 3. The van der Waals surface area contributed by atoms with Gasteiger partial charge in [0.25, 0.3) is 0 Å². The molecule has 1 aromatic rings. The third-order valence-corrected chi connectivity index (χ3v) is 4.51. The van der Waals surface area contributed by atoms with Crippen LogP contribution in [-0.2, 0) is 0 Å². The molecule has 2 heterocycles. The zero-order valence-corrected chi connectivity index (χ0v) is 12.6. The summed E-state index contributed by atoms with van der Waals surface area (Å²) in [5.41, 5.74) is 2.51. The summed E-state index contributed by atoms with van der Waals surface area (Å²) in [4.78, 5) is 15.4. The summed E-state index contributed by atoms with van der Waals surface area (Å²) in [5.74, 6) is 7.30. The Labute approximate surface area is 125 Å². The first kappa shape index (κ1) is 14.3. The van der Waals surface area contributed by atoms with E-state index >= 15 is 0 Å². The van der Waals surface area contributed by atoms with Crippen molar-refractivity contribution in [3.8, 4) is 6.01 Å². The summed E-state index contributed by atoms with van der Waals surface area (Å²) >= 11 is 0. The molecule has 1 aliphatic heterocycles. The average Bonchev–Trinajstić information content (AvgIpc) is 2.54. The molecule has 7 nitrogen and oxygen atoms in total. The molecular formula is C14H24N6O. The minimum absolute atomic E-state index is 0.341. The van der Waals surface area contributed by atoms with Crippen LogP contribution in [0.15, 0.2) is 0 Å². The van der Waals surface area contributed by atoms with E-state index in [1.807, 2.05) is 6.92 Å². The molecule has 1 saturated carbocycles. The number of nitrogen functional groups attached to an aromatic ring is 1. The van der Waals surface area contributed by atoms with Gasteiger partial charge in [0.15, 0.2) is 0 Å². The first-order valence-electron chi connectivity index (χ1n) is 7.94. The van der Waals surface area contributed by atoms with Gasteiger partial charge in [-0.25, -0.2) is 5.84 Å². The number of nitrogens with one attached hydrogen (secondary N) is 1. The Kier molecular flexibility index (Phi) is 4.38. The summed E-state index contributed by atoms with van der Waals surface area (Å²) in [6.45, 7) is 3.44. The SMILES string of the molecule is CCOc1nc(NN)nc(N2CCCC3CCCCC32)n1.